The minimum absolute atomic E-state index is 0.659. The number of halogens is 3. The summed E-state index contributed by atoms with van der Waals surface area (Å²) in [6.45, 7) is 0. The van der Waals surface area contributed by atoms with Gasteiger partial charge in [-0.1, -0.05) is 47.5 Å². The summed E-state index contributed by atoms with van der Waals surface area (Å²) < 4.78 is 0. The molecular weight excluding hydrogens is 267 g/mol. The molecule has 0 atom stereocenters. The lowest BCUT2D eigenvalue weighted by Gasteiger charge is -2.14. The van der Waals surface area contributed by atoms with E-state index in [9.17, 15) is 0 Å². The topological polar surface area (TPSA) is 0 Å². The number of alkyl halides is 1. The van der Waals surface area contributed by atoms with E-state index in [1.807, 2.05) is 0 Å². The normalized spacial score (nSPS) is 20.3. The van der Waals surface area contributed by atoms with E-state index in [1.165, 1.54) is 10.4 Å². The van der Waals surface area contributed by atoms with Crippen molar-refractivity contribution in [2.45, 2.75) is 12.8 Å². The van der Waals surface area contributed by atoms with Crippen molar-refractivity contribution in [2.24, 2.45) is 0 Å². The van der Waals surface area contributed by atoms with Crippen LogP contribution in [0.25, 0.3) is 0 Å². The maximum absolute atomic E-state index is 6.18. The van der Waals surface area contributed by atoms with Crippen molar-refractivity contribution in [3.63, 3.8) is 0 Å². The monoisotopic (exact) mass is 276 g/mol. The van der Waals surface area contributed by atoms with E-state index < -0.39 is 8.80 Å². The third-order valence-corrected chi connectivity index (χ3v) is 7.65. The zero-order valence-electron chi connectivity index (χ0n) is 8.14. The predicted octanol–water partition coefficient (Wildman–Crippen LogP) is 3.98. The van der Waals surface area contributed by atoms with Gasteiger partial charge in [0.05, 0.1) is 0 Å². The van der Waals surface area contributed by atoms with Gasteiger partial charge in [-0.3, -0.25) is 0 Å². The van der Waals surface area contributed by atoms with E-state index in [4.69, 9.17) is 34.8 Å². The van der Waals surface area contributed by atoms with Crippen LogP contribution >= 0.6 is 34.8 Å². The van der Waals surface area contributed by atoms with Crippen molar-refractivity contribution in [3.8, 4) is 0 Å². The molecule has 0 aromatic rings. The second-order valence-corrected chi connectivity index (χ2v) is 8.14. The summed E-state index contributed by atoms with van der Waals surface area (Å²) >= 11 is 18.4. The predicted molar refractivity (Wildman–Crippen MR) is 71.1 cm³/mol. The molecule has 2 aliphatic carbocycles. The van der Waals surface area contributed by atoms with Crippen LogP contribution in [0.1, 0.15) is 12.8 Å². The third-order valence-electron chi connectivity index (χ3n) is 2.72. The highest BCUT2D eigenvalue weighted by atomic mass is 35.5. The van der Waals surface area contributed by atoms with Crippen LogP contribution in [0, 0.1) is 0 Å². The van der Waals surface area contributed by atoms with Crippen molar-refractivity contribution < 1.29 is 0 Å². The first-order valence-electron chi connectivity index (χ1n) is 4.90. The van der Waals surface area contributed by atoms with Gasteiger partial charge in [-0.2, -0.15) is 0 Å². The summed E-state index contributed by atoms with van der Waals surface area (Å²) in [7, 11) is -1.35. The number of hydrogen-bond acceptors (Lipinski definition) is 0. The molecular formula is C11H11Cl3Si. The zero-order chi connectivity index (χ0) is 10.8. The fourth-order valence-electron chi connectivity index (χ4n) is 1.94. The van der Waals surface area contributed by atoms with E-state index in [1.54, 1.807) is 0 Å². The first kappa shape index (κ1) is 11.5. The molecule has 2 aliphatic rings. The Morgan fingerprint density at radius 1 is 1.00 bits per heavy atom. The van der Waals surface area contributed by atoms with Crippen molar-refractivity contribution >= 4 is 43.6 Å². The minimum atomic E-state index is -1.35. The summed E-state index contributed by atoms with van der Waals surface area (Å²) in [4.78, 5) is 0. The third kappa shape index (κ3) is 2.26. The Hall–Kier alpha value is 0.0469. The van der Waals surface area contributed by atoms with Crippen LogP contribution in [0.4, 0.5) is 0 Å². The molecule has 0 aromatic heterocycles. The highest BCUT2D eigenvalue weighted by Crippen LogP contribution is 2.32. The van der Waals surface area contributed by atoms with Crippen LogP contribution in [-0.2, 0) is 0 Å². The molecule has 0 fully saturated rings. The average Bonchev–Trinajstić information content (AvgIpc) is 2.80. The molecule has 0 spiro atoms. The molecule has 0 unspecified atom stereocenters. The number of rotatable bonds is 3. The van der Waals surface area contributed by atoms with Gasteiger partial charge in [0.15, 0.2) is 0 Å². The average molecular weight is 278 g/mol. The highest BCUT2D eigenvalue weighted by molar-refractivity contribution is 6.82. The van der Waals surface area contributed by atoms with Crippen LogP contribution < -0.4 is 0 Å². The van der Waals surface area contributed by atoms with Gasteiger partial charge in [-0.15, -0.1) is 11.6 Å². The molecule has 4 heteroatoms. The summed E-state index contributed by atoms with van der Waals surface area (Å²) in [6.07, 6.45) is 10.1. The van der Waals surface area contributed by atoms with Crippen LogP contribution in [0.3, 0.4) is 0 Å². The summed E-state index contributed by atoms with van der Waals surface area (Å²) in [5.74, 6) is 0. The van der Waals surface area contributed by atoms with Gasteiger partial charge in [-0.25, -0.2) is 0 Å². The molecule has 0 heterocycles. The molecule has 0 N–H and O–H groups in total. The van der Waals surface area contributed by atoms with Gasteiger partial charge in [0.25, 0.3) is 0 Å². The van der Waals surface area contributed by atoms with Crippen LogP contribution in [0.15, 0.2) is 44.8 Å². The minimum Gasteiger partial charge on any atom is -0.130 e. The quantitative estimate of drug-likeness (QED) is 0.541. The summed E-state index contributed by atoms with van der Waals surface area (Å²) in [5.41, 5.74) is 0.659. The van der Waals surface area contributed by atoms with E-state index >= 15 is 0 Å². The molecule has 80 valence electrons. The number of allylic oxidation sites excluding steroid dienone is 8. The SMILES string of the molecule is ClC[SiH](C1=C(Cl)CC=C1)C1=C(Cl)CC=C1. The van der Waals surface area contributed by atoms with Crippen molar-refractivity contribution in [3.05, 3.63) is 44.8 Å². The fraction of sp³-hybridized carbons (Fsp3) is 0.273. The molecule has 0 radical (unpaired) electrons. The summed E-state index contributed by atoms with van der Waals surface area (Å²) in [5, 5.41) is 4.41. The smallest absolute Gasteiger partial charge is 0.120 e. The fourth-order valence-corrected chi connectivity index (χ4v) is 6.43. The van der Waals surface area contributed by atoms with Gasteiger partial charge < -0.3 is 0 Å². The van der Waals surface area contributed by atoms with Gasteiger partial charge in [-0.05, 0) is 10.4 Å². The van der Waals surface area contributed by atoms with Crippen molar-refractivity contribution in [1.29, 1.82) is 0 Å². The van der Waals surface area contributed by atoms with Crippen molar-refractivity contribution in [2.75, 3.05) is 5.50 Å². The van der Waals surface area contributed by atoms with E-state index in [-0.39, 0.29) is 0 Å². The second kappa shape index (κ2) is 4.92. The van der Waals surface area contributed by atoms with Crippen LogP contribution in [0.5, 0.6) is 0 Å². The van der Waals surface area contributed by atoms with Gasteiger partial charge in [0.2, 0.25) is 0 Å². The van der Waals surface area contributed by atoms with Crippen LogP contribution in [-0.4, -0.2) is 14.3 Å². The Labute approximate surface area is 107 Å². The first-order valence-corrected chi connectivity index (χ1v) is 8.16. The lowest BCUT2D eigenvalue weighted by Crippen LogP contribution is -2.21. The van der Waals surface area contributed by atoms with Gasteiger partial charge >= 0.3 is 0 Å². The number of hydrogen-bond donors (Lipinski definition) is 0. The van der Waals surface area contributed by atoms with Gasteiger partial charge in [0.1, 0.15) is 8.80 Å². The maximum atomic E-state index is 6.18. The molecule has 0 amide bonds. The standard InChI is InChI=1S/C11H11Cl3Si/c12-7-15(10-5-1-3-8(10)13)11-6-2-4-9(11)14/h1-2,5-6,15H,3-4,7H2. The Balaban J connectivity index is 2.32. The Kier molecular flexibility index (Phi) is 3.78. The molecule has 0 bridgehead atoms. The highest BCUT2D eigenvalue weighted by Gasteiger charge is 2.25. The zero-order valence-corrected chi connectivity index (χ0v) is 11.6. The Morgan fingerprint density at radius 2 is 1.47 bits per heavy atom. The van der Waals surface area contributed by atoms with Crippen molar-refractivity contribution in [1.82, 2.24) is 0 Å². The lowest BCUT2D eigenvalue weighted by atomic mass is 10.5. The summed E-state index contributed by atoms with van der Waals surface area (Å²) in [6, 6.07) is 0. The Morgan fingerprint density at radius 3 is 1.73 bits per heavy atom. The Bertz CT molecular complexity index is 355. The second-order valence-electron chi connectivity index (χ2n) is 3.64. The van der Waals surface area contributed by atoms with Gasteiger partial charge in [0, 0.05) is 28.4 Å². The molecule has 0 aromatic carbocycles. The molecule has 0 saturated carbocycles. The molecule has 0 aliphatic heterocycles. The lowest BCUT2D eigenvalue weighted by molar-refractivity contribution is 1.39. The molecule has 2 rings (SSSR count). The molecule has 0 saturated heterocycles. The molecule has 15 heavy (non-hydrogen) atoms. The first-order chi connectivity index (χ1) is 7.24. The maximum Gasteiger partial charge on any atom is 0.120 e. The molecule has 0 nitrogen and oxygen atoms in total. The van der Waals surface area contributed by atoms with E-state index in [0.29, 0.717) is 5.50 Å². The largest absolute Gasteiger partial charge is 0.130 e. The van der Waals surface area contributed by atoms with Crippen LogP contribution in [0.2, 0.25) is 0 Å². The van der Waals surface area contributed by atoms with E-state index in [2.05, 4.69) is 24.3 Å². The van der Waals surface area contributed by atoms with E-state index in [0.717, 1.165) is 22.9 Å².